The van der Waals surface area contributed by atoms with Gasteiger partial charge in [0.25, 0.3) is 0 Å². The zero-order chi connectivity index (χ0) is 13.8. The second kappa shape index (κ2) is 6.06. The Morgan fingerprint density at radius 1 is 1.20 bits per heavy atom. The summed E-state index contributed by atoms with van der Waals surface area (Å²) in [7, 11) is 0. The first-order valence-electron chi connectivity index (χ1n) is 7.50. The average Bonchev–Trinajstić information content (AvgIpc) is 2.81. The third-order valence-corrected chi connectivity index (χ3v) is 4.97. The predicted molar refractivity (Wildman–Crippen MR) is 86.1 cm³/mol. The van der Waals surface area contributed by atoms with Crippen LogP contribution in [0.2, 0.25) is 0 Å². The van der Waals surface area contributed by atoms with Gasteiger partial charge in [-0.1, -0.05) is 43.2 Å². The van der Waals surface area contributed by atoms with E-state index in [1.165, 1.54) is 36.3 Å². The minimum Gasteiger partial charge on any atom is -0.311 e. The number of benzene rings is 1. The normalized spacial score (nSPS) is 23.4. The Hall–Kier alpha value is -1.19. The summed E-state index contributed by atoms with van der Waals surface area (Å²) in [6, 6.07) is 10.5. The minimum atomic E-state index is 0.225. The summed E-state index contributed by atoms with van der Waals surface area (Å²) < 4.78 is 0. The van der Waals surface area contributed by atoms with Crippen molar-refractivity contribution in [2.24, 2.45) is 0 Å². The predicted octanol–water partition coefficient (Wildman–Crippen LogP) is 4.27. The first-order chi connectivity index (χ1) is 9.75. The van der Waals surface area contributed by atoms with Crippen LogP contribution < -0.4 is 5.32 Å². The van der Waals surface area contributed by atoms with Crippen LogP contribution >= 0.6 is 11.3 Å². The van der Waals surface area contributed by atoms with Gasteiger partial charge in [0.05, 0.1) is 10.7 Å². The summed E-state index contributed by atoms with van der Waals surface area (Å²) in [6.07, 6.45) is 6.30. The van der Waals surface area contributed by atoms with Crippen LogP contribution in [0.5, 0.6) is 0 Å². The van der Waals surface area contributed by atoms with Crippen LogP contribution in [-0.2, 0) is 6.42 Å². The maximum absolute atomic E-state index is 4.83. The van der Waals surface area contributed by atoms with Crippen LogP contribution in [0.4, 0.5) is 0 Å². The molecule has 0 amide bonds. The van der Waals surface area contributed by atoms with Gasteiger partial charge in [0.2, 0.25) is 0 Å². The molecule has 1 aromatic heterocycles. The largest absolute Gasteiger partial charge is 0.311 e. The van der Waals surface area contributed by atoms with Crippen molar-refractivity contribution in [2.45, 2.75) is 44.6 Å². The number of nitrogens with zero attached hydrogens (tertiary/aromatic N) is 1. The third kappa shape index (κ3) is 3.28. The number of hydrogen-bond donors (Lipinski definition) is 1. The summed E-state index contributed by atoms with van der Waals surface area (Å²) >= 11 is 1.79. The summed E-state index contributed by atoms with van der Waals surface area (Å²) in [5.41, 5.74) is 2.55. The number of thiazole rings is 1. The van der Waals surface area contributed by atoms with E-state index in [4.69, 9.17) is 4.98 Å². The molecule has 0 spiro atoms. The van der Waals surface area contributed by atoms with Crippen LogP contribution in [0.15, 0.2) is 35.7 Å². The van der Waals surface area contributed by atoms with Gasteiger partial charge >= 0.3 is 0 Å². The van der Waals surface area contributed by atoms with E-state index in [1.807, 2.05) is 6.07 Å². The SMILES string of the molecule is CC1(Cc2nc(-c3ccccc3)cs2)CCCCCN1. The minimum absolute atomic E-state index is 0.225. The van der Waals surface area contributed by atoms with Gasteiger partial charge in [-0.15, -0.1) is 11.3 Å². The summed E-state index contributed by atoms with van der Waals surface area (Å²) in [5.74, 6) is 0. The molecule has 1 N–H and O–H groups in total. The molecule has 2 heterocycles. The Kier molecular flexibility index (Phi) is 4.18. The van der Waals surface area contributed by atoms with E-state index in [9.17, 15) is 0 Å². The van der Waals surface area contributed by atoms with Gasteiger partial charge in [0.15, 0.2) is 0 Å². The number of hydrogen-bond acceptors (Lipinski definition) is 3. The molecule has 20 heavy (non-hydrogen) atoms. The Balaban J connectivity index is 1.74. The van der Waals surface area contributed by atoms with Crippen LogP contribution in [0, 0.1) is 0 Å². The monoisotopic (exact) mass is 286 g/mol. The lowest BCUT2D eigenvalue weighted by Gasteiger charge is -2.28. The highest BCUT2D eigenvalue weighted by Crippen LogP contribution is 2.27. The molecule has 1 fully saturated rings. The molecule has 1 aliphatic rings. The first-order valence-corrected chi connectivity index (χ1v) is 8.38. The number of rotatable bonds is 3. The molecular weight excluding hydrogens is 264 g/mol. The Labute approximate surface area is 125 Å². The van der Waals surface area contributed by atoms with Crippen molar-refractivity contribution in [3.05, 3.63) is 40.7 Å². The first kappa shape index (κ1) is 13.8. The highest BCUT2D eigenvalue weighted by atomic mass is 32.1. The molecule has 2 nitrogen and oxygen atoms in total. The zero-order valence-corrected chi connectivity index (χ0v) is 12.9. The number of nitrogens with one attached hydrogen (secondary N) is 1. The van der Waals surface area contributed by atoms with Crippen molar-refractivity contribution in [1.82, 2.24) is 10.3 Å². The van der Waals surface area contributed by atoms with Crippen LogP contribution in [-0.4, -0.2) is 17.1 Å². The Morgan fingerprint density at radius 2 is 2.05 bits per heavy atom. The topological polar surface area (TPSA) is 24.9 Å². The fourth-order valence-electron chi connectivity index (χ4n) is 2.91. The molecule has 2 aromatic rings. The molecular formula is C17H22N2S. The molecule has 0 aliphatic carbocycles. The van der Waals surface area contributed by atoms with Crippen LogP contribution in [0.25, 0.3) is 11.3 Å². The van der Waals surface area contributed by atoms with E-state index in [1.54, 1.807) is 11.3 Å². The van der Waals surface area contributed by atoms with Gasteiger partial charge in [-0.3, -0.25) is 0 Å². The van der Waals surface area contributed by atoms with E-state index < -0.39 is 0 Å². The van der Waals surface area contributed by atoms with Crippen molar-refractivity contribution in [2.75, 3.05) is 6.54 Å². The van der Waals surface area contributed by atoms with E-state index in [-0.39, 0.29) is 5.54 Å². The third-order valence-electron chi connectivity index (χ3n) is 4.12. The lowest BCUT2D eigenvalue weighted by Crippen LogP contribution is -2.43. The fraction of sp³-hybridized carbons (Fsp3) is 0.471. The van der Waals surface area contributed by atoms with Gasteiger partial charge in [0, 0.05) is 22.9 Å². The van der Waals surface area contributed by atoms with Crippen LogP contribution in [0.3, 0.4) is 0 Å². The molecule has 1 aromatic carbocycles. The van der Waals surface area contributed by atoms with Crippen molar-refractivity contribution < 1.29 is 0 Å². The quantitative estimate of drug-likeness (QED) is 0.911. The molecule has 1 unspecified atom stereocenters. The summed E-state index contributed by atoms with van der Waals surface area (Å²) in [6.45, 7) is 3.50. The highest BCUT2D eigenvalue weighted by Gasteiger charge is 2.26. The average molecular weight is 286 g/mol. The van der Waals surface area contributed by atoms with Crippen molar-refractivity contribution >= 4 is 11.3 Å². The summed E-state index contributed by atoms with van der Waals surface area (Å²) in [4.78, 5) is 4.83. The van der Waals surface area contributed by atoms with Crippen molar-refractivity contribution in [1.29, 1.82) is 0 Å². The van der Waals surface area contributed by atoms with Crippen molar-refractivity contribution in [3.8, 4) is 11.3 Å². The molecule has 1 aliphatic heterocycles. The lowest BCUT2D eigenvalue weighted by molar-refractivity contribution is 0.345. The van der Waals surface area contributed by atoms with Crippen molar-refractivity contribution in [3.63, 3.8) is 0 Å². The van der Waals surface area contributed by atoms with E-state index in [0.717, 1.165) is 18.7 Å². The molecule has 1 atom stereocenters. The Bertz CT molecular complexity index is 539. The molecule has 0 saturated carbocycles. The van der Waals surface area contributed by atoms with Gasteiger partial charge < -0.3 is 5.32 Å². The molecule has 3 heteroatoms. The van der Waals surface area contributed by atoms with E-state index in [0.29, 0.717) is 0 Å². The molecule has 0 bridgehead atoms. The summed E-state index contributed by atoms with van der Waals surface area (Å²) in [5, 5.41) is 7.16. The van der Waals surface area contributed by atoms with Gasteiger partial charge in [0.1, 0.15) is 0 Å². The number of aromatic nitrogens is 1. The maximum atomic E-state index is 4.83. The second-order valence-electron chi connectivity index (χ2n) is 5.97. The molecule has 1 saturated heterocycles. The maximum Gasteiger partial charge on any atom is 0.0950 e. The lowest BCUT2D eigenvalue weighted by atomic mass is 9.92. The molecule has 0 radical (unpaired) electrons. The van der Waals surface area contributed by atoms with Gasteiger partial charge in [-0.05, 0) is 26.3 Å². The molecule has 3 rings (SSSR count). The smallest absolute Gasteiger partial charge is 0.0950 e. The van der Waals surface area contributed by atoms with E-state index >= 15 is 0 Å². The zero-order valence-electron chi connectivity index (χ0n) is 12.1. The Morgan fingerprint density at radius 3 is 2.90 bits per heavy atom. The standard InChI is InChI=1S/C17H22N2S/c1-17(10-6-3-7-11-18-17)12-16-19-15(13-20-16)14-8-4-2-5-9-14/h2,4-5,8-9,13,18H,3,6-7,10-12H2,1H3. The second-order valence-corrected chi connectivity index (χ2v) is 6.91. The fourth-order valence-corrected chi connectivity index (χ4v) is 3.90. The van der Waals surface area contributed by atoms with E-state index in [2.05, 4.69) is 41.9 Å². The molecule has 106 valence electrons. The van der Waals surface area contributed by atoms with Gasteiger partial charge in [-0.25, -0.2) is 4.98 Å². The van der Waals surface area contributed by atoms with Crippen LogP contribution in [0.1, 0.15) is 37.6 Å². The highest BCUT2D eigenvalue weighted by molar-refractivity contribution is 7.09. The van der Waals surface area contributed by atoms with Gasteiger partial charge in [-0.2, -0.15) is 0 Å².